The summed E-state index contributed by atoms with van der Waals surface area (Å²) in [5.74, 6) is -0.457. The van der Waals surface area contributed by atoms with Crippen molar-refractivity contribution in [1.29, 1.82) is 0 Å². The van der Waals surface area contributed by atoms with E-state index >= 15 is 0 Å². The second-order valence-corrected chi connectivity index (χ2v) is 6.07. The van der Waals surface area contributed by atoms with Crippen LogP contribution >= 0.6 is 0 Å². The van der Waals surface area contributed by atoms with E-state index in [0.29, 0.717) is 11.3 Å². The first-order valence-corrected chi connectivity index (χ1v) is 7.41. The number of hydrogen-bond donors (Lipinski definition) is 3. The molecular weight excluding hydrogens is 282 g/mol. The lowest BCUT2D eigenvalue weighted by Gasteiger charge is -2.15. The van der Waals surface area contributed by atoms with Crippen molar-refractivity contribution < 1.29 is 17.9 Å². The van der Waals surface area contributed by atoms with Crippen LogP contribution in [0.2, 0.25) is 0 Å². The normalized spacial score (nSPS) is 13.1. The zero-order valence-corrected chi connectivity index (χ0v) is 12.5. The van der Waals surface area contributed by atoms with E-state index in [9.17, 15) is 13.2 Å². The summed E-state index contributed by atoms with van der Waals surface area (Å²) in [6.45, 7) is 3.56. The number of aryl methyl sites for hydroxylation is 1. The average molecular weight is 301 g/mol. The number of primary sulfonamides is 1. The van der Waals surface area contributed by atoms with Gasteiger partial charge in [0.2, 0.25) is 15.9 Å². The molecule has 20 heavy (non-hydrogen) atoms. The highest BCUT2D eigenvalue weighted by Gasteiger charge is 2.17. The number of amides is 1. The maximum absolute atomic E-state index is 11.8. The van der Waals surface area contributed by atoms with Crippen molar-refractivity contribution in [3.8, 4) is 0 Å². The molecule has 1 unspecified atom stereocenters. The number of benzene rings is 1. The molecule has 8 heteroatoms. The van der Waals surface area contributed by atoms with E-state index < -0.39 is 22.0 Å². The quantitative estimate of drug-likeness (QED) is 0.698. The topological polar surface area (TPSA) is 125 Å². The van der Waals surface area contributed by atoms with Gasteiger partial charge in [-0.25, -0.2) is 13.6 Å². The molecule has 0 saturated carbocycles. The van der Waals surface area contributed by atoms with Crippen LogP contribution in [0.1, 0.15) is 11.1 Å². The molecule has 0 aliphatic rings. The molecular formula is C12H19N3O4S. The third-order valence-corrected chi connectivity index (χ3v) is 3.80. The maximum Gasteiger partial charge on any atom is 0.243 e. The number of rotatable bonds is 5. The summed E-state index contributed by atoms with van der Waals surface area (Å²) in [5, 5.41) is 7.68. The van der Waals surface area contributed by atoms with E-state index in [4.69, 9.17) is 15.6 Å². The summed E-state index contributed by atoms with van der Waals surface area (Å²) < 4.78 is 27.6. The van der Waals surface area contributed by atoms with Gasteiger partial charge in [-0.3, -0.25) is 4.79 Å². The number of sulfonamides is 1. The number of carbonyl (C=O) groups excluding carboxylic acids is 1. The van der Waals surface area contributed by atoms with Crippen LogP contribution in [0.25, 0.3) is 0 Å². The van der Waals surface area contributed by atoms with Crippen LogP contribution in [0.3, 0.4) is 0 Å². The SMILES string of the molecule is COCC(N)C(=O)Nc1cc(S(N)(=O)=O)cc(C)c1C. The summed E-state index contributed by atoms with van der Waals surface area (Å²) in [6, 6.07) is 1.93. The van der Waals surface area contributed by atoms with Crippen molar-refractivity contribution in [2.45, 2.75) is 24.8 Å². The molecule has 0 spiro atoms. The maximum atomic E-state index is 11.8. The molecule has 0 bridgehead atoms. The van der Waals surface area contributed by atoms with E-state index in [1.807, 2.05) is 0 Å². The Morgan fingerprint density at radius 2 is 2.00 bits per heavy atom. The summed E-state index contributed by atoms with van der Waals surface area (Å²) >= 11 is 0. The highest BCUT2D eigenvalue weighted by molar-refractivity contribution is 7.89. The monoisotopic (exact) mass is 301 g/mol. The summed E-state index contributed by atoms with van der Waals surface area (Å²) in [7, 11) is -2.40. The van der Waals surface area contributed by atoms with E-state index in [1.54, 1.807) is 13.8 Å². The van der Waals surface area contributed by atoms with Crippen molar-refractivity contribution in [2.75, 3.05) is 19.0 Å². The number of carbonyl (C=O) groups is 1. The fourth-order valence-corrected chi connectivity index (χ4v) is 2.22. The number of anilines is 1. The smallest absolute Gasteiger partial charge is 0.243 e. The van der Waals surface area contributed by atoms with Gasteiger partial charge in [0.1, 0.15) is 6.04 Å². The number of nitrogens with one attached hydrogen (secondary N) is 1. The van der Waals surface area contributed by atoms with Gasteiger partial charge >= 0.3 is 0 Å². The Kier molecular flexibility index (Phi) is 5.23. The fourth-order valence-electron chi connectivity index (χ4n) is 1.60. The van der Waals surface area contributed by atoms with Crippen LogP contribution in [0, 0.1) is 13.8 Å². The minimum atomic E-state index is -3.84. The van der Waals surface area contributed by atoms with E-state index in [0.717, 1.165) is 5.56 Å². The number of nitrogens with two attached hydrogens (primary N) is 2. The predicted molar refractivity (Wildman–Crippen MR) is 75.8 cm³/mol. The van der Waals surface area contributed by atoms with Gasteiger partial charge in [-0.2, -0.15) is 0 Å². The molecule has 1 rings (SSSR count). The fraction of sp³-hybridized carbons (Fsp3) is 0.417. The molecule has 1 atom stereocenters. The molecule has 0 aliphatic carbocycles. The van der Waals surface area contributed by atoms with Crippen molar-refractivity contribution in [3.63, 3.8) is 0 Å². The second-order valence-electron chi connectivity index (χ2n) is 4.51. The van der Waals surface area contributed by atoms with E-state index in [1.165, 1.54) is 19.2 Å². The van der Waals surface area contributed by atoms with Crippen LogP contribution < -0.4 is 16.2 Å². The van der Waals surface area contributed by atoms with Crippen molar-refractivity contribution in [1.82, 2.24) is 0 Å². The standard InChI is InChI=1S/C12H19N3O4S/c1-7-4-9(20(14,17)18)5-11(8(7)2)15-12(16)10(13)6-19-3/h4-5,10H,6,13H2,1-3H3,(H,15,16)(H2,14,17,18). The highest BCUT2D eigenvalue weighted by atomic mass is 32.2. The van der Waals surface area contributed by atoms with Gasteiger partial charge in [-0.1, -0.05) is 0 Å². The minimum absolute atomic E-state index is 0.0591. The Morgan fingerprint density at radius 3 is 2.50 bits per heavy atom. The van der Waals surface area contributed by atoms with Crippen LogP contribution in [0.15, 0.2) is 17.0 Å². The van der Waals surface area contributed by atoms with Gasteiger partial charge in [0.25, 0.3) is 0 Å². The van der Waals surface area contributed by atoms with Crippen LogP contribution in [0.5, 0.6) is 0 Å². The van der Waals surface area contributed by atoms with E-state index in [2.05, 4.69) is 5.32 Å². The molecule has 0 radical (unpaired) electrons. The second kappa shape index (κ2) is 6.31. The predicted octanol–water partition coefficient (Wildman–Crippen LogP) is -0.137. The largest absolute Gasteiger partial charge is 0.383 e. The van der Waals surface area contributed by atoms with E-state index in [-0.39, 0.29) is 11.5 Å². The zero-order chi connectivity index (χ0) is 15.5. The molecule has 0 heterocycles. The van der Waals surface area contributed by atoms with Gasteiger partial charge in [-0.05, 0) is 37.1 Å². The molecule has 1 aromatic carbocycles. The molecule has 1 amide bonds. The molecule has 1 aromatic rings. The Hall–Kier alpha value is -1.48. The van der Waals surface area contributed by atoms with Crippen molar-refractivity contribution >= 4 is 21.6 Å². The molecule has 0 saturated heterocycles. The highest BCUT2D eigenvalue weighted by Crippen LogP contribution is 2.23. The molecule has 0 aromatic heterocycles. The lowest BCUT2D eigenvalue weighted by atomic mass is 10.1. The Morgan fingerprint density at radius 1 is 1.40 bits per heavy atom. The van der Waals surface area contributed by atoms with Gasteiger partial charge in [-0.15, -0.1) is 0 Å². The first-order chi connectivity index (χ1) is 9.16. The van der Waals surface area contributed by atoms with Crippen molar-refractivity contribution in [2.24, 2.45) is 10.9 Å². The van der Waals surface area contributed by atoms with Gasteiger partial charge < -0.3 is 15.8 Å². The van der Waals surface area contributed by atoms with Gasteiger partial charge in [0.05, 0.1) is 11.5 Å². The Bertz CT molecular complexity index is 613. The third-order valence-electron chi connectivity index (χ3n) is 2.91. The van der Waals surface area contributed by atoms with Gasteiger partial charge in [0, 0.05) is 12.8 Å². The van der Waals surface area contributed by atoms with Crippen LogP contribution in [-0.2, 0) is 19.6 Å². The summed E-state index contributed by atoms with van der Waals surface area (Å²) in [4.78, 5) is 11.8. The Balaban J connectivity index is 3.12. The zero-order valence-electron chi connectivity index (χ0n) is 11.6. The molecule has 0 aliphatic heterocycles. The van der Waals surface area contributed by atoms with Crippen LogP contribution in [0.4, 0.5) is 5.69 Å². The molecule has 112 valence electrons. The number of hydrogen-bond acceptors (Lipinski definition) is 5. The first-order valence-electron chi connectivity index (χ1n) is 5.86. The lowest BCUT2D eigenvalue weighted by molar-refractivity contribution is -0.118. The number of methoxy groups -OCH3 is 1. The average Bonchev–Trinajstić information content (AvgIpc) is 2.33. The lowest BCUT2D eigenvalue weighted by Crippen LogP contribution is -2.39. The first kappa shape index (κ1) is 16.6. The minimum Gasteiger partial charge on any atom is -0.383 e. The third kappa shape index (κ3) is 4.01. The van der Waals surface area contributed by atoms with Gasteiger partial charge in [0.15, 0.2) is 0 Å². The Labute approximate surface area is 118 Å². The molecule has 5 N–H and O–H groups in total. The van der Waals surface area contributed by atoms with Crippen LogP contribution in [-0.4, -0.2) is 34.1 Å². The summed E-state index contributed by atoms with van der Waals surface area (Å²) in [6.07, 6.45) is 0. The molecule has 7 nitrogen and oxygen atoms in total. The van der Waals surface area contributed by atoms with Crippen molar-refractivity contribution in [3.05, 3.63) is 23.3 Å². The summed E-state index contributed by atoms with van der Waals surface area (Å²) in [5.41, 5.74) is 7.42. The number of ether oxygens (including phenoxy) is 1. The molecule has 0 fully saturated rings.